The van der Waals surface area contributed by atoms with Crippen molar-refractivity contribution in [3.8, 4) is 5.75 Å². The molecular weight excluding hydrogens is 338 g/mol. The Hall–Kier alpha value is -3.34. The average molecular weight is 359 g/mol. The van der Waals surface area contributed by atoms with E-state index in [1.54, 1.807) is 11.1 Å². The molecule has 0 saturated heterocycles. The van der Waals surface area contributed by atoms with Gasteiger partial charge in [-0.05, 0) is 55.8 Å². The molecule has 2 aromatic carbocycles. The van der Waals surface area contributed by atoms with E-state index in [0.717, 1.165) is 22.6 Å². The van der Waals surface area contributed by atoms with Crippen molar-refractivity contribution in [2.75, 3.05) is 16.8 Å². The van der Waals surface area contributed by atoms with Gasteiger partial charge in [0.25, 0.3) is 5.91 Å². The summed E-state index contributed by atoms with van der Waals surface area (Å²) in [4.78, 5) is 19.2. The van der Waals surface area contributed by atoms with Crippen LogP contribution in [0.5, 0.6) is 5.75 Å². The maximum absolute atomic E-state index is 13.0. The van der Waals surface area contributed by atoms with E-state index in [4.69, 9.17) is 4.74 Å². The van der Waals surface area contributed by atoms with E-state index in [1.807, 2.05) is 74.5 Å². The number of hydrogen-bond donors (Lipinski definition) is 1. The van der Waals surface area contributed by atoms with Crippen LogP contribution in [0.2, 0.25) is 0 Å². The topological polar surface area (TPSA) is 54.5 Å². The summed E-state index contributed by atoms with van der Waals surface area (Å²) in [5.74, 6) is 1.40. The molecule has 2 heterocycles. The van der Waals surface area contributed by atoms with E-state index in [1.165, 1.54) is 0 Å². The molecule has 0 bridgehead atoms. The largest absolute Gasteiger partial charge is 0.494 e. The molecule has 0 aliphatic carbocycles. The van der Waals surface area contributed by atoms with E-state index in [-0.39, 0.29) is 12.1 Å². The number of rotatable bonds is 5. The second-order valence-electron chi connectivity index (χ2n) is 6.46. The molecule has 0 fully saturated rings. The Kier molecular flexibility index (Phi) is 4.50. The molecule has 1 aromatic heterocycles. The third-order valence-electron chi connectivity index (χ3n) is 4.57. The van der Waals surface area contributed by atoms with Gasteiger partial charge < -0.3 is 10.1 Å². The van der Waals surface area contributed by atoms with Crippen LogP contribution in [-0.4, -0.2) is 17.5 Å². The van der Waals surface area contributed by atoms with Crippen molar-refractivity contribution in [1.29, 1.82) is 0 Å². The van der Waals surface area contributed by atoms with E-state index in [9.17, 15) is 4.79 Å². The van der Waals surface area contributed by atoms with Gasteiger partial charge in [-0.2, -0.15) is 0 Å². The number of hydrogen-bond acceptors (Lipinski definition) is 4. The van der Waals surface area contributed by atoms with E-state index in [2.05, 4.69) is 10.3 Å². The number of fused-ring (bicyclic) bond motifs is 1. The van der Waals surface area contributed by atoms with E-state index in [0.29, 0.717) is 18.0 Å². The van der Waals surface area contributed by atoms with Gasteiger partial charge in [-0.3, -0.25) is 9.69 Å². The van der Waals surface area contributed by atoms with E-state index >= 15 is 0 Å². The lowest BCUT2D eigenvalue weighted by Gasteiger charge is -2.26. The molecule has 1 aliphatic rings. The Morgan fingerprint density at radius 3 is 2.56 bits per heavy atom. The van der Waals surface area contributed by atoms with Gasteiger partial charge in [-0.25, -0.2) is 4.98 Å². The van der Waals surface area contributed by atoms with Gasteiger partial charge in [-0.15, -0.1) is 0 Å². The lowest BCUT2D eigenvalue weighted by Crippen LogP contribution is -2.32. The van der Waals surface area contributed by atoms with Gasteiger partial charge in [0.2, 0.25) is 0 Å². The summed E-state index contributed by atoms with van der Waals surface area (Å²) in [7, 11) is 0. The zero-order valence-electron chi connectivity index (χ0n) is 15.3. The third kappa shape index (κ3) is 3.24. The summed E-state index contributed by atoms with van der Waals surface area (Å²) >= 11 is 0. The van der Waals surface area contributed by atoms with Crippen molar-refractivity contribution < 1.29 is 9.53 Å². The van der Waals surface area contributed by atoms with Crippen LogP contribution in [0, 0.1) is 6.92 Å². The highest BCUT2D eigenvalue weighted by Crippen LogP contribution is 2.37. The van der Waals surface area contributed by atoms with Gasteiger partial charge in [0.05, 0.1) is 6.61 Å². The number of pyridine rings is 1. The SMILES string of the molecule is CCOc1ccc(N[C@H]2c3ccccc3C(=O)N2c2ccc(C)cn2)cc1. The molecule has 5 heteroatoms. The summed E-state index contributed by atoms with van der Waals surface area (Å²) in [5, 5.41) is 3.47. The van der Waals surface area contributed by atoms with Crippen molar-refractivity contribution in [3.63, 3.8) is 0 Å². The molecule has 27 heavy (non-hydrogen) atoms. The predicted octanol–water partition coefficient (Wildman–Crippen LogP) is 4.56. The smallest absolute Gasteiger partial charge is 0.261 e. The number of benzene rings is 2. The van der Waals surface area contributed by atoms with Crippen molar-refractivity contribution in [3.05, 3.63) is 83.6 Å². The molecule has 0 saturated carbocycles. The molecule has 1 aliphatic heterocycles. The minimum absolute atomic E-state index is 0.0506. The first kappa shape index (κ1) is 17.1. The predicted molar refractivity (Wildman–Crippen MR) is 106 cm³/mol. The van der Waals surface area contributed by atoms with Crippen molar-refractivity contribution in [2.45, 2.75) is 20.0 Å². The minimum atomic E-state index is -0.318. The summed E-state index contributed by atoms with van der Waals surface area (Å²) in [6.45, 7) is 4.57. The number of anilines is 2. The molecule has 0 radical (unpaired) electrons. The number of aromatic nitrogens is 1. The highest BCUT2D eigenvalue weighted by molar-refractivity contribution is 6.11. The first-order valence-electron chi connectivity index (χ1n) is 9.02. The van der Waals surface area contributed by atoms with E-state index < -0.39 is 0 Å². The molecular formula is C22H21N3O2. The molecule has 5 nitrogen and oxygen atoms in total. The Labute approximate surface area is 158 Å². The standard InChI is InChI=1S/C22H21N3O2/c1-3-27-17-11-9-16(10-12-17)24-21-18-6-4-5-7-19(18)22(26)25(21)20-13-8-15(2)14-23-20/h4-14,21,24H,3H2,1-2H3/t21-/m1/s1. The minimum Gasteiger partial charge on any atom is -0.494 e. The first-order chi connectivity index (χ1) is 13.2. The van der Waals surface area contributed by atoms with Crippen LogP contribution in [0.15, 0.2) is 66.9 Å². The Morgan fingerprint density at radius 2 is 1.85 bits per heavy atom. The second kappa shape index (κ2) is 7.11. The molecule has 136 valence electrons. The van der Waals surface area contributed by atoms with Crippen LogP contribution >= 0.6 is 0 Å². The van der Waals surface area contributed by atoms with Gasteiger partial charge in [0, 0.05) is 23.0 Å². The third-order valence-corrected chi connectivity index (χ3v) is 4.57. The number of carbonyl (C=O) groups excluding carboxylic acids is 1. The van der Waals surface area contributed by atoms with Gasteiger partial charge in [0.15, 0.2) is 0 Å². The fourth-order valence-corrected chi connectivity index (χ4v) is 3.27. The molecule has 3 aromatic rings. The van der Waals surface area contributed by atoms with Crippen molar-refractivity contribution in [1.82, 2.24) is 4.98 Å². The molecule has 0 spiro atoms. The Bertz CT molecular complexity index is 952. The number of nitrogens with zero attached hydrogens (tertiary/aromatic N) is 2. The Morgan fingerprint density at radius 1 is 1.07 bits per heavy atom. The summed E-state index contributed by atoms with van der Waals surface area (Å²) in [6.07, 6.45) is 1.46. The lowest BCUT2D eigenvalue weighted by atomic mass is 10.1. The monoisotopic (exact) mass is 359 g/mol. The first-order valence-corrected chi connectivity index (χ1v) is 9.02. The Balaban J connectivity index is 1.70. The summed E-state index contributed by atoms with van der Waals surface area (Å²) in [5.41, 5.74) is 3.60. The maximum Gasteiger partial charge on any atom is 0.261 e. The number of amides is 1. The highest BCUT2D eigenvalue weighted by Gasteiger charge is 2.38. The average Bonchev–Trinajstić information content (AvgIpc) is 2.97. The number of carbonyl (C=O) groups is 1. The van der Waals surface area contributed by atoms with Gasteiger partial charge in [0.1, 0.15) is 17.7 Å². The van der Waals surface area contributed by atoms with Gasteiger partial charge in [-0.1, -0.05) is 24.3 Å². The fourth-order valence-electron chi connectivity index (χ4n) is 3.27. The number of aryl methyl sites for hydroxylation is 1. The zero-order chi connectivity index (χ0) is 18.8. The number of ether oxygens (including phenoxy) is 1. The highest BCUT2D eigenvalue weighted by atomic mass is 16.5. The summed E-state index contributed by atoms with van der Waals surface area (Å²) in [6, 6.07) is 19.3. The lowest BCUT2D eigenvalue weighted by molar-refractivity contribution is 0.0992. The molecule has 1 amide bonds. The van der Waals surface area contributed by atoms with Crippen LogP contribution in [0.25, 0.3) is 0 Å². The van der Waals surface area contributed by atoms with Crippen LogP contribution < -0.4 is 15.0 Å². The zero-order valence-corrected chi connectivity index (χ0v) is 15.3. The van der Waals surface area contributed by atoms with Crippen LogP contribution in [0.1, 0.15) is 34.6 Å². The van der Waals surface area contributed by atoms with Crippen molar-refractivity contribution >= 4 is 17.4 Å². The van der Waals surface area contributed by atoms with Crippen LogP contribution in [0.4, 0.5) is 11.5 Å². The molecule has 1 N–H and O–H groups in total. The van der Waals surface area contributed by atoms with Crippen LogP contribution in [-0.2, 0) is 0 Å². The molecule has 4 rings (SSSR count). The molecule has 0 unspecified atom stereocenters. The fraction of sp³-hybridized carbons (Fsp3) is 0.182. The van der Waals surface area contributed by atoms with Crippen LogP contribution in [0.3, 0.4) is 0 Å². The van der Waals surface area contributed by atoms with Gasteiger partial charge >= 0.3 is 0 Å². The van der Waals surface area contributed by atoms with Crippen molar-refractivity contribution in [2.24, 2.45) is 0 Å². The normalized spacial score (nSPS) is 15.6. The quantitative estimate of drug-likeness (QED) is 0.726. The summed E-state index contributed by atoms with van der Waals surface area (Å²) < 4.78 is 5.50. The maximum atomic E-state index is 13.0. The number of nitrogens with one attached hydrogen (secondary N) is 1. The second-order valence-corrected chi connectivity index (χ2v) is 6.46. The molecule has 1 atom stereocenters.